The number of unbranched alkanes of at least 4 members (excludes halogenated alkanes) is 24. The lowest BCUT2D eigenvalue weighted by Crippen LogP contribution is -2.65. The van der Waals surface area contributed by atoms with Gasteiger partial charge < -0.3 is 65.1 Å². The molecule has 2 aliphatic rings. The molecule has 472 valence electrons. The molecule has 1 amide bonds. The highest BCUT2D eigenvalue weighted by Crippen LogP contribution is 2.30. The maximum absolute atomic E-state index is 13.3. The zero-order valence-electron chi connectivity index (χ0n) is 50.9. The number of allylic oxidation sites excluding steroid dienone is 15. The molecule has 2 heterocycles. The van der Waals surface area contributed by atoms with Gasteiger partial charge >= 0.3 is 0 Å². The number of hydrogen-bond donors (Lipinski definition) is 9. The topological polar surface area (TPSA) is 228 Å². The summed E-state index contributed by atoms with van der Waals surface area (Å²) in [6, 6.07) is -0.963. The molecule has 0 aromatic carbocycles. The van der Waals surface area contributed by atoms with Gasteiger partial charge in [0, 0.05) is 6.42 Å². The van der Waals surface area contributed by atoms with Crippen LogP contribution in [-0.2, 0) is 23.7 Å². The Bertz CT molecular complexity index is 1740. The first-order valence-corrected chi connectivity index (χ1v) is 32.5. The van der Waals surface area contributed by atoms with Crippen molar-refractivity contribution in [1.82, 2.24) is 5.32 Å². The molecular weight excluding hydrogens is 1040 g/mol. The first-order valence-electron chi connectivity index (χ1n) is 32.5. The average Bonchev–Trinajstić information content (AvgIpc) is 3.66. The Labute approximate surface area is 496 Å². The summed E-state index contributed by atoms with van der Waals surface area (Å²) in [6.07, 6.45) is 56.0. The Hall–Kier alpha value is -3.09. The van der Waals surface area contributed by atoms with Crippen molar-refractivity contribution >= 4 is 5.91 Å². The van der Waals surface area contributed by atoms with Crippen LogP contribution in [-0.4, -0.2) is 140 Å². The van der Waals surface area contributed by atoms with Gasteiger partial charge in [-0.3, -0.25) is 4.79 Å². The quantitative estimate of drug-likeness (QED) is 0.0204. The van der Waals surface area contributed by atoms with E-state index >= 15 is 0 Å². The van der Waals surface area contributed by atoms with Crippen molar-refractivity contribution in [3.8, 4) is 0 Å². The van der Waals surface area contributed by atoms with Gasteiger partial charge in [-0.05, 0) is 83.5 Å². The lowest BCUT2D eigenvalue weighted by atomic mass is 9.97. The largest absolute Gasteiger partial charge is 0.394 e. The third-order valence-corrected chi connectivity index (χ3v) is 15.3. The van der Waals surface area contributed by atoms with Crippen molar-refractivity contribution in [2.24, 2.45) is 0 Å². The van der Waals surface area contributed by atoms with E-state index in [-0.39, 0.29) is 18.9 Å². The number of nitrogens with one attached hydrogen (secondary N) is 1. The van der Waals surface area contributed by atoms with Crippen molar-refractivity contribution in [3.05, 3.63) is 97.2 Å². The molecule has 0 saturated carbocycles. The van der Waals surface area contributed by atoms with Gasteiger partial charge in [0.15, 0.2) is 12.6 Å². The molecule has 12 atom stereocenters. The van der Waals surface area contributed by atoms with Gasteiger partial charge in [0.2, 0.25) is 5.91 Å². The number of amides is 1. The second kappa shape index (κ2) is 52.3. The van der Waals surface area contributed by atoms with Crippen LogP contribution < -0.4 is 5.32 Å². The first-order chi connectivity index (χ1) is 40.1. The fraction of sp³-hybridized carbons (Fsp3) is 0.750. The average molecular weight is 1160 g/mol. The molecule has 0 spiro atoms. The first kappa shape index (κ1) is 75.0. The van der Waals surface area contributed by atoms with Crippen molar-refractivity contribution in [1.29, 1.82) is 0 Å². The summed E-state index contributed by atoms with van der Waals surface area (Å²) in [6.45, 7) is 2.64. The molecular formula is C68H117NO13. The highest BCUT2D eigenvalue weighted by Gasteiger charge is 2.51. The molecule has 2 saturated heterocycles. The Morgan fingerprint density at radius 1 is 0.451 bits per heavy atom. The second-order valence-corrected chi connectivity index (χ2v) is 22.5. The molecule has 82 heavy (non-hydrogen) atoms. The van der Waals surface area contributed by atoms with Gasteiger partial charge in [-0.2, -0.15) is 0 Å². The van der Waals surface area contributed by atoms with Crippen LogP contribution in [0, 0.1) is 0 Å². The van der Waals surface area contributed by atoms with E-state index in [9.17, 15) is 45.6 Å². The SMILES string of the molecule is CC/C=C\C/C=C\C/C=C\C/C=C\C/C=C\C/C=C\CCCCC(=O)NC(COC1OC(CO)C(OC2OC(CO)C(O)C(O)C2O)C(O)C1O)C(O)/C=C/CC/C=C/CCCCCCCCCCCCCCCCCCCCCCC. The fourth-order valence-electron chi connectivity index (χ4n) is 10.1. The van der Waals surface area contributed by atoms with Crippen molar-refractivity contribution in [2.45, 2.75) is 306 Å². The smallest absolute Gasteiger partial charge is 0.220 e. The molecule has 0 bridgehead atoms. The minimum Gasteiger partial charge on any atom is -0.394 e. The Kier molecular flexibility index (Phi) is 47.8. The summed E-state index contributed by atoms with van der Waals surface area (Å²) in [4.78, 5) is 13.3. The Morgan fingerprint density at radius 3 is 1.34 bits per heavy atom. The van der Waals surface area contributed by atoms with Gasteiger partial charge in [0.05, 0.1) is 32.0 Å². The van der Waals surface area contributed by atoms with E-state index in [1.54, 1.807) is 6.08 Å². The van der Waals surface area contributed by atoms with Crippen LogP contribution in [0.2, 0.25) is 0 Å². The fourth-order valence-corrected chi connectivity index (χ4v) is 10.1. The predicted molar refractivity (Wildman–Crippen MR) is 332 cm³/mol. The minimum atomic E-state index is -1.80. The Balaban J connectivity index is 1.76. The number of aliphatic hydroxyl groups is 8. The second-order valence-electron chi connectivity index (χ2n) is 22.5. The third kappa shape index (κ3) is 36.7. The van der Waals surface area contributed by atoms with E-state index in [2.05, 4.69) is 104 Å². The maximum Gasteiger partial charge on any atom is 0.220 e. The molecule has 2 aliphatic heterocycles. The highest BCUT2D eigenvalue weighted by molar-refractivity contribution is 5.76. The number of hydrogen-bond acceptors (Lipinski definition) is 13. The van der Waals surface area contributed by atoms with Crippen LogP contribution in [0.25, 0.3) is 0 Å². The zero-order chi connectivity index (χ0) is 59.5. The van der Waals surface area contributed by atoms with Crippen molar-refractivity contribution in [2.75, 3.05) is 19.8 Å². The van der Waals surface area contributed by atoms with E-state index in [1.165, 1.54) is 135 Å². The normalized spacial score (nSPS) is 24.6. The predicted octanol–water partition coefficient (Wildman–Crippen LogP) is 12.2. The Morgan fingerprint density at radius 2 is 0.854 bits per heavy atom. The van der Waals surface area contributed by atoms with Crippen molar-refractivity contribution < 1.29 is 64.6 Å². The molecule has 9 N–H and O–H groups in total. The molecule has 14 nitrogen and oxygen atoms in total. The van der Waals surface area contributed by atoms with Gasteiger partial charge in [-0.15, -0.1) is 0 Å². The minimum absolute atomic E-state index is 0.213. The van der Waals surface area contributed by atoms with Crippen molar-refractivity contribution in [3.63, 3.8) is 0 Å². The van der Waals surface area contributed by atoms with Gasteiger partial charge in [0.1, 0.15) is 48.8 Å². The van der Waals surface area contributed by atoms with Crippen LogP contribution in [0.4, 0.5) is 0 Å². The summed E-state index contributed by atoms with van der Waals surface area (Å²) in [5.41, 5.74) is 0. The van der Waals surface area contributed by atoms with Crippen LogP contribution in [0.15, 0.2) is 97.2 Å². The number of aliphatic hydroxyl groups excluding tert-OH is 8. The monoisotopic (exact) mass is 1160 g/mol. The van der Waals surface area contributed by atoms with E-state index < -0.39 is 86.8 Å². The summed E-state index contributed by atoms with van der Waals surface area (Å²) < 4.78 is 22.8. The van der Waals surface area contributed by atoms with E-state index in [1.807, 2.05) is 6.08 Å². The van der Waals surface area contributed by atoms with Gasteiger partial charge in [0.25, 0.3) is 0 Å². The summed E-state index contributed by atoms with van der Waals surface area (Å²) >= 11 is 0. The molecule has 0 aromatic rings. The van der Waals surface area contributed by atoms with Gasteiger partial charge in [-0.25, -0.2) is 0 Å². The summed E-state index contributed by atoms with van der Waals surface area (Å²) in [5.74, 6) is -0.293. The maximum atomic E-state index is 13.3. The number of carbonyl (C=O) groups is 1. The molecule has 0 radical (unpaired) electrons. The molecule has 12 unspecified atom stereocenters. The zero-order valence-corrected chi connectivity index (χ0v) is 50.9. The highest BCUT2D eigenvalue weighted by atomic mass is 16.7. The van der Waals surface area contributed by atoms with Gasteiger partial charge in [-0.1, -0.05) is 239 Å². The van der Waals surface area contributed by atoms with Crippen LogP contribution in [0.1, 0.15) is 232 Å². The van der Waals surface area contributed by atoms with Crippen LogP contribution in [0.3, 0.4) is 0 Å². The lowest BCUT2D eigenvalue weighted by molar-refractivity contribution is -0.359. The van der Waals surface area contributed by atoms with E-state index in [4.69, 9.17) is 18.9 Å². The standard InChI is InChI=1S/C68H117NO13/c1-3-5-7-9-11-13-15-17-19-21-23-25-26-27-28-29-30-32-33-35-37-39-41-43-45-47-49-51-57(72)56(55-79-67-65(78)63(76)66(59(54-71)81-67)82-68-64(77)62(75)61(74)58(53-70)80-68)69-60(73)52-50-48-46-44-42-40-38-36-34-31-24-22-20-18-16-14-12-10-8-6-4-2/h6,8,12,14,18,20,24,31,36,38,41-44,49,51,56-59,61-68,70-72,74-78H,3-5,7,9-11,13,15-17,19,21-23,25-30,32-35,37,39-40,45-48,50,52-55H2,1-2H3,(H,69,73)/b8-6-,14-12-,20-18-,31-24-,38-36-,43-41+,44-42-,51-49+. The number of rotatable bonds is 51. The van der Waals surface area contributed by atoms with E-state index in [0.29, 0.717) is 12.8 Å². The van der Waals surface area contributed by atoms with E-state index in [0.717, 1.165) is 64.2 Å². The molecule has 14 heteroatoms. The van der Waals surface area contributed by atoms with Crippen LogP contribution >= 0.6 is 0 Å². The molecule has 2 rings (SSSR count). The molecule has 0 aliphatic carbocycles. The lowest BCUT2D eigenvalue weighted by Gasteiger charge is -2.46. The number of ether oxygens (including phenoxy) is 4. The third-order valence-electron chi connectivity index (χ3n) is 15.3. The molecule has 2 fully saturated rings. The number of carbonyl (C=O) groups excluding carboxylic acids is 1. The molecule has 0 aromatic heterocycles. The van der Waals surface area contributed by atoms with Crippen LogP contribution in [0.5, 0.6) is 0 Å². The summed E-state index contributed by atoms with van der Waals surface area (Å²) in [5, 5.41) is 87.2. The summed E-state index contributed by atoms with van der Waals surface area (Å²) in [7, 11) is 0.